The molecule has 1 heterocycles. The molecule has 0 aliphatic heterocycles. The summed E-state index contributed by atoms with van der Waals surface area (Å²) in [6, 6.07) is 8.81. The van der Waals surface area contributed by atoms with E-state index in [2.05, 4.69) is 46.5 Å². The molecule has 1 aromatic carbocycles. The average Bonchev–Trinajstić information content (AvgIpc) is 2.91. The monoisotopic (exact) mass is 283 g/mol. The van der Waals surface area contributed by atoms with Crippen molar-refractivity contribution in [2.24, 2.45) is 0 Å². The van der Waals surface area contributed by atoms with E-state index in [0.29, 0.717) is 6.04 Å². The van der Waals surface area contributed by atoms with E-state index < -0.39 is 0 Å². The van der Waals surface area contributed by atoms with Crippen LogP contribution in [0.5, 0.6) is 0 Å². The largest absolute Gasteiger partial charge is 0.375 e. The van der Waals surface area contributed by atoms with Gasteiger partial charge in [-0.05, 0) is 17.5 Å². The van der Waals surface area contributed by atoms with Crippen LogP contribution in [0.15, 0.2) is 36.7 Å². The molecule has 3 rings (SSSR count). The molecular formula is C17H21N3O. The summed E-state index contributed by atoms with van der Waals surface area (Å²) < 4.78 is 5.68. The highest BCUT2D eigenvalue weighted by molar-refractivity contribution is 5.36. The predicted octanol–water partition coefficient (Wildman–Crippen LogP) is 2.44. The van der Waals surface area contributed by atoms with Gasteiger partial charge in [0.2, 0.25) is 0 Å². The molecule has 21 heavy (non-hydrogen) atoms. The van der Waals surface area contributed by atoms with Gasteiger partial charge in [0.05, 0.1) is 6.10 Å². The van der Waals surface area contributed by atoms with Gasteiger partial charge in [-0.3, -0.25) is 0 Å². The second kappa shape index (κ2) is 6.33. The van der Waals surface area contributed by atoms with Crippen molar-refractivity contribution in [1.82, 2.24) is 15.3 Å². The van der Waals surface area contributed by atoms with Gasteiger partial charge in [0.15, 0.2) is 0 Å². The second-order valence-corrected chi connectivity index (χ2v) is 5.41. The van der Waals surface area contributed by atoms with Crippen LogP contribution < -0.4 is 5.32 Å². The maximum absolute atomic E-state index is 5.68. The topological polar surface area (TPSA) is 47.0 Å². The highest BCUT2D eigenvalue weighted by Crippen LogP contribution is 2.33. The van der Waals surface area contributed by atoms with Crippen LogP contribution in [0, 0.1) is 0 Å². The quantitative estimate of drug-likeness (QED) is 0.915. The Kier molecular flexibility index (Phi) is 4.27. The molecule has 1 N–H and O–H groups in total. The Morgan fingerprint density at radius 2 is 2.00 bits per heavy atom. The van der Waals surface area contributed by atoms with Gasteiger partial charge in [0.1, 0.15) is 5.82 Å². The third-order valence-electron chi connectivity index (χ3n) is 4.06. The summed E-state index contributed by atoms with van der Waals surface area (Å²) in [6.45, 7) is 2.83. The Hall–Kier alpha value is -1.78. The number of nitrogens with one attached hydrogen (secondary N) is 1. The lowest BCUT2D eigenvalue weighted by Gasteiger charge is -2.20. The smallest absolute Gasteiger partial charge is 0.127 e. The van der Waals surface area contributed by atoms with Gasteiger partial charge in [-0.2, -0.15) is 0 Å². The van der Waals surface area contributed by atoms with Gasteiger partial charge in [-0.1, -0.05) is 31.2 Å². The summed E-state index contributed by atoms with van der Waals surface area (Å²) in [6.07, 6.45) is 5.81. The molecule has 0 saturated heterocycles. The fraction of sp³-hybridized carbons (Fsp3) is 0.412. The van der Waals surface area contributed by atoms with Crippen LogP contribution in [0.4, 0.5) is 0 Å². The zero-order chi connectivity index (χ0) is 14.7. The molecule has 1 aliphatic carbocycles. The van der Waals surface area contributed by atoms with E-state index in [0.717, 1.165) is 30.8 Å². The summed E-state index contributed by atoms with van der Waals surface area (Å²) in [5.74, 6) is 0.891. The molecule has 4 nitrogen and oxygen atoms in total. The first-order valence-corrected chi connectivity index (χ1v) is 7.45. The second-order valence-electron chi connectivity index (χ2n) is 5.41. The molecule has 0 bridgehead atoms. The number of hydrogen-bond donors (Lipinski definition) is 1. The normalized spacial score (nSPS) is 20.5. The summed E-state index contributed by atoms with van der Waals surface area (Å²) in [4.78, 5) is 8.68. The van der Waals surface area contributed by atoms with Gasteiger partial charge in [-0.25, -0.2) is 9.97 Å². The lowest BCUT2D eigenvalue weighted by atomic mass is 10.1. The molecular weight excluding hydrogens is 262 g/mol. The Labute approximate surface area is 125 Å². The van der Waals surface area contributed by atoms with Gasteiger partial charge in [-0.15, -0.1) is 0 Å². The van der Waals surface area contributed by atoms with Crippen molar-refractivity contribution in [3.05, 3.63) is 59.2 Å². The zero-order valence-electron chi connectivity index (χ0n) is 12.5. The Morgan fingerprint density at radius 1 is 1.24 bits per heavy atom. The van der Waals surface area contributed by atoms with E-state index in [1.165, 1.54) is 11.1 Å². The van der Waals surface area contributed by atoms with Crippen LogP contribution in [0.2, 0.25) is 0 Å². The minimum atomic E-state index is 0.122. The molecule has 2 atom stereocenters. The van der Waals surface area contributed by atoms with Crippen molar-refractivity contribution in [1.29, 1.82) is 0 Å². The first kappa shape index (κ1) is 14.2. The van der Waals surface area contributed by atoms with Gasteiger partial charge in [0.25, 0.3) is 0 Å². The minimum absolute atomic E-state index is 0.122. The maximum atomic E-state index is 5.68. The number of rotatable bonds is 5. The summed E-state index contributed by atoms with van der Waals surface area (Å²) in [5, 5.41) is 3.58. The molecule has 1 aliphatic rings. The number of benzene rings is 1. The predicted molar refractivity (Wildman–Crippen MR) is 81.9 cm³/mol. The van der Waals surface area contributed by atoms with Crippen molar-refractivity contribution in [2.75, 3.05) is 7.11 Å². The Bertz CT molecular complexity index is 597. The molecule has 4 heteroatoms. The third-order valence-corrected chi connectivity index (χ3v) is 4.06. The van der Waals surface area contributed by atoms with E-state index in [-0.39, 0.29) is 6.10 Å². The van der Waals surface area contributed by atoms with Crippen LogP contribution in [0.25, 0.3) is 0 Å². The number of nitrogens with zero attached hydrogens (tertiary/aromatic N) is 2. The lowest BCUT2D eigenvalue weighted by molar-refractivity contribution is 0.0777. The fourth-order valence-corrected chi connectivity index (χ4v) is 2.93. The van der Waals surface area contributed by atoms with Crippen LogP contribution in [-0.4, -0.2) is 23.1 Å². The number of hydrogen-bond acceptors (Lipinski definition) is 4. The number of ether oxygens (including phenoxy) is 1. The van der Waals surface area contributed by atoms with Gasteiger partial charge >= 0.3 is 0 Å². The van der Waals surface area contributed by atoms with Crippen molar-refractivity contribution in [3.63, 3.8) is 0 Å². The van der Waals surface area contributed by atoms with E-state index in [9.17, 15) is 0 Å². The lowest BCUT2D eigenvalue weighted by Crippen LogP contribution is -2.33. The first-order valence-electron chi connectivity index (χ1n) is 7.45. The van der Waals surface area contributed by atoms with E-state index in [4.69, 9.17) is 4.74 Å². The highest BCUT2D eigenvalue weighted by atomic mass is 16.5. The van der Waals surface area contributed by atoms with E-state index >= 15 is 0 Å². The maximum Gasteiger partial charge on any atom is 0.127 e. The summed E-state index contributed by atoms with van der Waals surface area (Å²) in [7, 11) is 1.78. The summed E-state index contributed by atoms with van der Waals surface area (Å²) in [5.41, 5.74) is 3.78. The van der Waals surface area contributed by atoms with Crippen molar-refractivity contribution >= 4 is 0 Å². The highest BCUT2D eigenvalue weighted by Gasteiger charge is 2.31. The van der Waals surface area contributed by atoms with Crippen molar-refractivity contribution in [3.8, 4) is 0 Å². The molecule has 0 unspecified atom stereocenters. The number of aromatic nitrogens is 2. The van der Waals surface area contributed by atoms with Crippen molar-refractivity contribution in [2.45, 2.75) is 38.5 Å². The van der Waals surface area contributed by atoms with Gasteiger partial charge in [0, 0.05) is 44.1 Å². The zero-order valence-corrected chi connectivity index (χ0v) is 12.5. The van der Waals surface area contributed by atoms with Crippen LogP contribution in [0.3, 0.4) is 0 Å². The molecule has 0 spiro atoms. The number of fused-ring (bicyclic) bond motifs is 1. The molecule has 0 radical (unpaired) electrons. The third kappa shape index (κ3) is 2.96. The van der Waals surface area contributed by atoms with Crippen LogP contribution in [-0.2, 0) is 24.1 Å². The van der Waals surface area contributed by atoms with Gasteiger partial charge < -0.3 is 10.1 Å². The van der Waals surface area contributed by atoms with Crippen molar-refractivity contribution < 1.29 is 4.74 Å². The Morgan fingerprint density at radius 3 is 2.71 bits per heavy atom. The summed E-state index contributed by atoms with van der Waals surface area (Å²) >= 11 is 0. The standard InChI is InChI=1S/C17H21N3O/c1-3-16-19-10-12(11-20-16)9-18-15-8-13-6-4-5-7-14(13)17(15)21-2/h4-7,10-11,15,17-18H,3,8-9H2,1-2H3/t15-,17+/m1/s1. The Balaban J connectivity index is 1.65. The fourth-order valence-electron chi connectivity index (χ4n) is 2.93. The van der Waals surface area contributed by atoms with E-state index in [1.807, 2.05) is 12.4 Å². The molecule has 0 saturated carbocycles. The molecule has 2 aromatic rings. The molecule has 1 aromatic heterocycles. The molecule has 110 valence electrons. The SMILES string of the molecule is CCc1ncc(CN[C@@H]2Cc3ccccc3[C@@H]2OC)cn1. The molecule has 0 fully saturated rings. The van der Waals surface area contributed by atoms with E-state index in [1.54, 1.807) is 7.11 Å². The first-order chi connectivity index (χ1) is 10.3. The van der Waals surface area contributed by atoms with Crippen LogP contribution >= 0.6 is 0 Å². The number of aryl methyl sites for hydroxylation is 1. The van der Waals surface area contributed by atoms with Crippen LogP contribution in [0.1, 0.15) is 35.5 Å². The molecule has 0 amide bonds. The minimum Gasteiger partial charge on any atom is -0.375 e. The average molecular weight is 283 g/mol. The number of methoxy groups -OCH3 is 1.